The van der Waals surface area contributed by atoms with E-state index in [2.05, 4.69) is 19.9 Å². The van der Waals surface area contributed by atoms with Gasteiger partial charge in [0.25, 0.3) is 5.91 Å². The summed E-state index contributed by atoms with van der Waals surface area (Å²) in [7, 11) is 0. The molecular weight excluding hydrogens is 484 g/mol. The molecule has 2 N–H and O–H groups in total. The standard InChI is InChI=1S/C24H28F4N4O2S/c25-13-19-12-20(35-31-19)23(8-2-1-3-9-23)32-10-7-18(15-32)30-21(33)14-29-22(34)16-5-4-6-17(11-16)24(26,27)28/h4-6,11-12,18H,1-3,7-10,13-15H2,(H,29,34)(H,30,33)/t18-/m1/s1. The summed E-state index contributed by atoms with van der Waals surface area (Å²) in [5.74, 6) is -1.14. The van der Waals surface area contributed by atoms with Gasteiger partial charge in [-0.25, -0.2) is 4.39 Å². The first-order valence-corrected chi connectivity index (χ1v) is 12.5. The second-order valence-corrected chi connectivity index (χ2v) is 9.97. The van der Waals surface area contributed by atoms with Gasteiger partial charge in [-0.1, -0.05) is 25.3 Å². The molecule has 35 heavy (non-hydrogen) atoms. The van der Waals surface area contributed by atoms with Gasteiger partial charge in [-0.15, -0.1) is 0 Å². The zero-order valence-corrected chi connectivity index (χ0v) is 20.0. The van der Waals surface area contributed by atoms with E-state index in [0.29, 0.717) is 12.2 Å². The number of amides is 2. The van der Waals surface area contributed by atoms with Crippen molar-refractivity contribution in [2.24, 2.45) is 0 Å². The van der Waals surface area contributed by atoms with Gasteiger partial charge in [0.1, 0.15) is 6.67 Å². The SMILES string of the molecule is O=C(CNC(=O)c1cccc(C(F)(F)F)c1)N[C@@H]1CCN(C2(c3cc(CF)ns3)CCCCC2)C1. The Morgan fingerprint density at radius 3 is 2.63 bits per heavy atom. The maximum absolute atomic E-state index is 13.1. The summed E-state index contributed by atoms with van der Waals surface area (Å²) in [4.78, 5) is 28.2. The molecule has 1 atom stereocenters. The fraction of sp³-hybridized carbons (Fsp3) is 0.542. The van der Waals surface area contributed by atoms with Gasteiger partial charge in [0.05, 0.1) is 23.3 Å². The summed E-state index contributed by atoms with van der Waals surface area (Å²) in [5, 5.41) is 5.32. The monoisotopic (exact) mass is 512 g/mol. The van der Waals surface area contributed by atoms with Crippen molar-refractivity contribution in [2.45, 2.75) is 63.0 Å². The number of aromatic nitrogens is 1. The Balaban J connectivity index is 1.33. The third kappa shape index (κ3) is 5.83. The number of alkyl halides is 4. The van der Waals surface area contributed by atoms with Crippen LogP contribution in [-0.4, -0.2) is 46.8 Å². The molecule has 1 saturated carbocycles. The predicted molar refractivity (Wildman–Crippen MR) is 124 cm³/mol. The number of benzene rings is 1. The van der Waals surface area contributed by atoms with Crippen LogP contribution in [0.2, 0.25) is 0 Å². The van der Waals surface area contributed by atoms with Crippen molar-refractivity contribution in [3.05, 3.63) is 52.0 Å². The first kappa shape index (κ1) is 25.6. The van der Waals surface area contributed by atoms with E-state index in [1.165, 1.54) is 17.6 Å². The molecule has 0 radical (unpaired) electrons. The highest BCUT2D eigenvalue weighted by molar-refractivity contribution is 7.06. The van der Waals surface area contributed by atoms with E-state index in [1.54, 1.807) is 0 Å². The van der Waals surface area contributed by atoms with Gasteiger partial charge in [0.15, 0.2) is 0 Å². The van der Waals surface area contributed by atoms with E-state index in [-0.39, 0.29) is 23.7 Å². The second kappa shape index (κ2) is 10.6. The van der Waals surface area contributed by atoms with E-state index >= 15 is 0 Å². The highest BCUT2D eigenvalue weighted by atomic mass is 32.1. The quantitative estimate of drug-likeness (QED) is 0.539. The molecular formula is C24H28F4N4O2S. The van der Waals surface area contributed by atoms with Crippen molar-refractivity contribution >= 4 is 23.3 Å². The van der Waals surface area contributed by atoms with Crippen molar-refractivity contribution in [2.75, 3.05) is 19.6 Å². The Bertz CT molecular complexity index is 1050. The van der Waals surface area contributed by atoms with Gasteiger partial charge < -0.3 is 10.6 Å². The zero-order valence-electron chi connectivity index (χ0n) is 19.2. The molecule has 4 rings (SSSR count). The summed E-state index contributed by atoms with van der Waals surface area (Å²) in [6, 6.07) is 5.84. The number of nitrogens with one attached hydrogen (secondary N) is 2. The molecule has 190 valence electrons. The molecule has 1 saturated heterocycles. The Hall–Kier alpha value is -2.53. The van der Waals surface area contributed by atoms with E-state index in [9.17, 15) is 27.2 Å². The van der Waals surface area contributed by atoms with Crippen LogP contribution in [0.15, 0.2) is 30.3 Å². The van der Waals surface area contributed by atoms with Crippen LogP contribution in [-0.2, 0) is 23.2 Å². The number of nitrogens with zero attached hydrogens (tertiary/aromatic N) is 2. The number of hydrogen-bond donors (Lipinski definition) is 2. The van der Waals surface area contributed by atoms with Crippen LogP contribution in [0.5, 0.6) is 0 Å². The Kier molecular flexibility index (Phi) is 7.75. The lowest BCUT2D eigenvalue weighted by molar-refractivity contribution is -0.137. The third-order valence-electron chi connectivity index (χ3n) is 6.86. The minimum atomic E-state index is -4.55. The van der Waals surface area contributed by atoms with Gasteiger partial charge in [0, 0.05) is 29.6 Å². The Labute approximate surface area is 205 Å². The van der Waals surface area contributed by atoms with Crippen LogP contribution in [0.4, 0.5) is 17.6 Å². The molecule has 2 aliphatic rings. The van der Waals surface area contributed by atoms with Crippen LogP contribution in [0.3, 0.4) is 0 Å². The number of rotatable bonds is 7. The summed E-state index contributed by atoms with van der Waals surface area (Å²) < 4.78 is 56.0. The molecule has 0 bridgehead atoms. The zero-order chi connectivity index (χ0) is 25.1. The van der Waals surface area contributed by atoms with E-state index in [4.69, 9.17) is 0 Å². The van der Waals surface area contributed by atoms with Gasteiger partial charge >= 0.3 is 6.18 Å². The number of likely N-dealkylation sites (tertiary alicyclic amines) is 1. The number of halogens is 4. The Morgan fingerprint density at radius 1 is 1.17 bits per heavy atom. The van der Waals surface area contributed by atoms with Gasteiger partial charge in [-0.05, 0) is 55.1 Å². The van der Waals surface area contributed by atoms with Crippen molar-refractivity contribution < 1.29 is 27.2 Å². The van der Waals surface area contributed by atoms with Crippen LogP contribution in [0.1, 0.15) is 65.0 Å². The molecule has 11 heteroatoms. The number of carbonyl (C=O) groups is 2. The van der Waals surface area contributed by atoms with Gasteiger partial charge in [-0.2, -0.15) is 17.5 Å². The topological polar surface area (TPSA) is 74.3 Å². The lowest BCUT2D eigenvalue weighted by Gasteiger charge is -2.44. The molecule has 0 unspecified atom stereocenters. The molecule has 6 nitrogen and oxygen atoms in total. The minimum Gasteiger partial charge on any atom is -0.350 e. The highest BCUT2D eigenvalue weighted by Gasteiger charge is 2.44. The highest BCUT2D eigenvalue weighted by Crippen LogP contribution is 2.45. The maximum Gasteiger partial charge on any atom is 0.416 e. The lowest BCUT2D eigenvalue weighted by Crippen LogP contribution is -2.48. The van der Waals surface area contributed by atoms with Crippen LogP contribution in [0, 0.1) is 0 Å². The van der Waals surface area contributed by atoms with Crippen molar-refractivity contribution in [1.82, 2.24) is 19.9 Å². The third-order valence-corrected chi connectivity index (χ3v) is 7.88. The summed E-state index contributed by atoms with van der Waals surface area (Å²) in [6.07, 6.45) is 1.45. The van der Waals surface area contributed by atoms with Crippen molar-refractivity contribution in [3.8, 4) is 0 Å². The van der Waals surface area contributed by atoms with E-state index < -0.39 is 30.2 Å². The predicted octanol–water partition coefficient (Wildman–Crippen LogP) is 4.41. The molecule has 1 aliphatic heterocycles. The summed E-state index contributed by atoms with van der Waals surface area (Å²) in [5.41, 5.74) is -0.816. The number of carbonyl (C=O) groups excluding carboxylic acids is 2. The van der Waals surface area contributed by atoms with Gasteiger partial charge in [0.2, 0.25) is 5.91 Å². The number of hydrogen-bond acceptors (Lipinski definition) is 5. The molecule has 2 amide bonds. The second-order valence-electron chi connectivity index (χ2n) is 9.17. The van der Waals surface area contributed by atoms with Crippen molar-refractivity contribution in [3.63, 3.8) is 0 Å². The molecule has 2 heterocycles. The minimum absolute atomic E-state index is 0.111. The first-order valence-electron chi connectivity index (χ1n) is 11.7. The first-order chi connectivity index (χ1) is 16.7. The maximum atomic E-state index is 13.1. The largest absolute Gasteiger partial charge is 0.416 e. The van der Waals surface area contributed by atoms with E-state index in [1.807, 2.05) is 6.07 Å². The van der Waals surface area contributed by atoms with Crippen molar-refractivity contribution in [1.29, 1.82) is 0 Å². The molecule has 1 aromatic heterocycles. The Morgan fingerprint density at radius 2 is 1.94 bits per heavy atom. The summed E-state index contributed by atoms with van der Waals surface area (Å²) >= 11 is 1.36. The lowest BCUT2D eigenvalue weighted by atomic mass is 9.79. The fourth-order valence-electron chi connectivity index (χ4n) is 5.09. The summed E-state index contributed by atoms with van der Waals surface area (Å²) in [6.45, 7) is 0.503. The average Bonchev–Trinajstić information content (AvgIpc) is 3.53. The molecule has 0 spiro atoms. The molecule has 1 aromatic carbocycles. The fourth-order valence-corrected chi connectivity index (χ4v) is 6.10. The van der Waals surface area contributed by atoms with Crippen LogP contribution in [0.25, 0.3) is 0 Å². The average molecular weight is 513 g/mol. The molecule has 2 aromatic rings. The van der Waals surface area contributed by atoms with Crippen LogP contribution < -0.4 is 10.6 Å². The van der Waals surface area contributed by atoms with Crippen LogP contribution >= 0.6 is 11.5 Å². The normalized spacial score (nSPS) is 20.5. The van der Waals surface area contributed by atoms with E-state index in [0.717, 1.165) is 68.1 Å². The van der Waals surface area contributed by atoms with Gasteiger partial charge in [-0.3, -0.25) is 14.5 Å². The molecule has 1 aliphatic carbocycles. The molecule has 2 fully saturated rings. The smallest absolute Gasteiger partial charge is 0.350 e.